The number of carbonyl (C=O) groups excluding carboxylic acids is 1. The van der Waals surface area contributed by atoms with Gasteiger partial charge in [0.1, 0.15) is 16.9 Å². The summed E-state index contributed by atoms with van der Waals surface area (Å²) in [6.07, 6.45) is 0.790. The Kier molecular flexibility index (Phi) is 3.76. The zero-order chi connectivity index (χ0) is 17.4. The number of benzene rings is 2. The summed E-state index contributed by atoms with van der Waals surface area (Å²) in [5, 5.41) is 0.696. The molecule has 0 atom stereocenters. The van der Waals surface area contributed by atoms with E-state index in [2.05, 4.69) is 6.07 Å². The molecule has 0 aliphatic carbocycles. The van der Waals surface area contributed by atoms with Crippen molar-refractivity contribution in [3.63, 3.8) is 0 Å². The van der Waals surface area contributed by atoms with Crippen LogP contribution in [0.1, 0.15) is 21.5 Å². The van der Waals surface area contributed by atoms with Crippen LogP contribution in [0.2, 0.25) is 0 Å². The van der Waals surface area contributed by atoms with E-state index in [0.717, 1.165) is 12.0 Å². The first-order chi connectivity index (χ1) is 12.2. The zero-order valence-corrected chi connectivity index (χ0v) is 13.8. The molecule has 1 aliphatic heterocycles. The number of hydrogen-bond donors (Lipinski definition) is 0. The molecule has 0 bridgehead atoms. The van der Waals surface area contributed by atoms with E-state index in [1.54, 1.807) is 36.3 Å². The van der Waals surface area contributed by atoms with Crippen LogP contribution in [0.15, 0.2) is 57.7 Å². The lowest BCUT2D eigenvalue weighted by molar-refractivity contribution is 0.0730. The highest BCUT2D eigenvalue weighted by atomic mass is 16.5. The Labute approximate surface area is 144 Å². The third kappa shape index (κ3) is 2.78. The van der Waals surface area contributed by atoms with Gasteiger partial charge in [-0.05, 0) is 35.7 Å². The highest BCUT2D eigenvalue weighted by Crippen LogP contribution is 2.23. The van der Waals surface area contributed by atoms with Crippen LogP contribution in [-0.4, -0.2) is 24.5 Å². The standard InChI is InChI=1S/C20H17NO4/c1-24-16-7-6-14-10-17(20(23)25-18(14)11-16)19(22)21-9-8-13-4-2-3-5-15(13)12-21/h2-7,10-11H,8-9,12H2,1H3. The molecule has 3 aromatic rings. The third-order valence-corrected chi connectivity index (χ3v) is 4.59. The lowest BCUT2D eigenvalue weighted by Crippen LogP contribution is -2.38. The molecule has 126 valence electrons. The summed E-state index contributed by atoms with van der Waals surface area (Å²) in [7, 11) is 1.55. The van der Waals surface area contributed by atoms with Crippen molar-refractivity contribution in [2.75, 3.05) is 13.7 Å². The topological polar surface area (TPSA) is 59.8 Å². The summed E-state index contributed by atoms with van der Waals surface area (Å²) in [5.74, 6) is 0.309. The van der Waals surface area contributed by atoms with Gasteiger partial charge in [-0.25, -0.2) is 4.79 Å². The molecule has 0 spiro atoms. The second-order valence-electron chi connectivity index (χ2n) is 6.10. The number of hydrogen-bond acceptors (Lipinski definition) is 4. The fraction of sp³-hybridized carbons (Fsp3) is 0.200. The Morgan fingerprint density at radius 2 is 1.92 bits per heavy atom. The van der Waals surface area contributed by atoms with E-state index in [-0.39, 0.29) is 11.5 Å². The summed E-state index contributed by atoms with van der Waals surface area (Å²) in [4.78, 5) is 26.8. The van der Waals surface area contributed by atoms with Crippen LogP contribution in [0.25, 0.3) is 11.0 Å². The van der Waals surface area contributed by atoms with Crippen molar-refractivity contribution < 1.29 is 13.9 Å². The Balaban J connectivity index is 1.69. The molecule has 4 rings (SSSR count). The molecule has 25 heavy (non-hydrogen) atoms. The molecule has 1 amide bonds. The van der Waals surface area contributed by atoms with E-state index in [1.807, 2.05) is 18.2 Å². The van der Waals surface area contributed by atoms with E-state index in [9.17, 15) is 9.59 Å². The average Bonchev–Trinajstić information content (AvgIpc) is 2.66. The Morgan fingerprint density at radius 1 is 1.12 bits per heavy atom. The molecule has 0 saturated carbocycles. The predicted octanol–water partition coefficient (Wildman–Crippen LogP) is 3.00. The van der Waals surface area contributed by atoms with Gasteiger partial charge in [0.25, 0.3) is 5.91 Å². The van der Waals surface area contributed by atoms with Crippen LogP contribution < -0.4 is 10.4 Å². The van der Waals surface area contributed by atoms with Gasteiger partial charge in [-0.1, -0.05) is 24.3 Å². The van der Waals surface area contributed by atoms with Crippen molar-refractivity contribution in [2.45, 2.75) is 13.0 Å². The van der Waals surface area contributed by atoms with E-state index in [0.29, 0.717) is 29.8 Å². The molecule has 0 fully saturated rings. The van der Waals surface area contributed by atoms with Crippen LogP contribution >= 0.6 is 0 Å². The van der Waals surface area contributed by atoms with E-state index >= 15 is 0 Å². The Morgan fingerprint density at radius 3 is 2.72 bits per heavy atom. The highest BCUT2D eigenvalue weighted by molar-refractivity contribution is 5.96. The van der Waals surface area contributed by atoms with Crippen LogP contribution in [-0.2, 0) is 13.0 Å². The summed E-state index contributed by atoms with van der Waals surface area (Å²) < 4.78 is 10.5. The van der Waals surface area contributed by atoms with E-state index in [4.69, 9.17) is 9.15 Å². The summed E-state index contributed by atoms with van der Waals surface area (Å²) >= 11 is 0. The Bertz CT molecular complexity index is 1020. The maximum absolute atomic E-state index is 12.8. The second kappa shape index (κ2) is 6.09. The molecule has 2 heterocycles. The molecule has 1 aliphatic rings. The zero-order valence-electron chi connectivity index (χ0n) is 13.8. The summed E-state index contributed by atoms with van der Waals surface area (Å²) in [6.45, 7) is 1.10. The summed E-state index contributed by atoms with van der Waals surface area (Å²) in [5.41, 5.74) is 2.23. The first-order valence-corrected chi connectivity index (χ1v) is 8.13. The number of carbonyl (C=O) groups is 1. The molecule has 0 radical (unpaired) electrons. The van der Waals surface area contributed by atoms with Gasteiger partial charge in [-0.2, -0.15) is 0 Å². The number of ether oxygens (including phenoxy) is 1. The van der Waals surface area contributed by atoms with Gasteiger partial charge in [-0.15, -0.1) is 0 Å². The molecule has 1 aromatic heterocycles. The number of nitrogens with zero attached hydrogens (tertiary/aromatic N) is 1. The third-order valence-electron chi connectivity index (χ3n) is 4.59. The molecular weight excluding hydrogens is 318 g/mol. The first-order valence-electron chi connectivity index (χ1n) is 8.13. The van der Waals surface area contributed by atoms with Gasteiger partial charge in [-0.3, -0.25) is 4.79 Å². The van der Waals surface area contributed by atoms with Crippen molar-refractivity contribution in [1.82, 2.24) is 4.90 Å². The quantitative estimate of drug-likeness (QED) is 0.676. The molecular formula is C20H17NO4. The van der Waals surface area contributed by atoms with E-state index in [1.165, 1.54) is 5.56 Å². The number of amides is 1. The van der Waals surface area contributed by atoms with Gasteiger partial charge in [0.05, 0.1) is 7.11 Å². The minimum Gasteiger partial charge on any atom is -0.497 e. The maximum Gasteiger partial charge on any atom is 0.349 e. The van der Waals surface area contributed by atoms with Gasteiger partial charge in [0.15, 0.2) is 0 Å². The SMILES string of the molecule is COc1ccc2cc(C(=O)N3CCc4ccccc4C3)c(=O)oc2c1. The smallest absolute Gasteiger partial charge is 0.349 e. The van der Waals surface area contributed by atoms with E-state index < -0.39 is 5.63 Å². The van der Waals surface area contributed by atoms with Crippen molar-refractivity contribution in [3.8, 4) is 5.75 Å². The number of methoxy groups -OCH3 is 1. The molecule has 0 unspecified atom stereocenters. The number of fused-ring (bicyclic) bond motifs is 2. The van der Waals surface area contributed by atoms with Gasteiger partial charge in [0.2, 0.25) is 0 Å². The first kappa shape index (κ1) is 15.4. The predicted molar refractivity (Wildman–Crippen MR) is 93.9 cm³/mol. The minimum absolute atomic E-state index is 0.0667. The van der Waals surface area contributed by atoms with Crippen molar-refractivity contribution in [1.29, 1.82) is 0 Å². The summed E-state index contributed by atoms with van der Waals surface area (Å²) in [6, 6.07) is 14.9. The number of rotatable bonds is 2. The second-order valence-corrected chi connectivity index (χ2v) is 6.10. The maximum atomic E-state index is 12.8. The molecule has 5 nitrogen and oxygen atoms in total. The van der Waals surface area contributed by atoms with Crippen molar-refractivity contribution >= 4 is 16.9 Å². The minimum atomic E-state index is -0.621. The van der Waals surface area contributed by atoms with Crippen LogP contribution in [0.5, 0.6) is 5.75 Å². The fourth-order valence-corrected chi connectivity index (χ4v) is 3.21. The highest BCUT2D eigenvalue weighted by Gasteiger charge is 2.24. The normalized spacial score (nSPS) is 13.6. The monoisotopic (exact) mass is 335 g/mol. The molecule has 5 heteroatoms. The van der Waals surface area contributed by atoms with Crippen molar-refractivity contribution in [3.05, 3.63) is 75.6 Å². The van der Waals surface area contributed by atoms with Crippen LogP contribution in [0.3, 0.4) is 0 Å². The molecule has 2 aromatic carbocycles. The fourth-order valence-electron chi connectivity index (χ4n) is 3.21. The molecule has 0 saturated heterocycles. The van der Waals surface area contributed by atoms with Gasteiger partial charge < -0.3 is 14.1 Å². The largest absolute Gasteiger partial charge is 0.497 e. The van der Waals surface area contributed by atoms with Crippen LogP contribution in [0, 0.1) is 0 Å². The lowest BCUT2D eigenvalue weighted by atomic mass is 9.99. The van der Waals surface area contributed by atoms with Crippen molar-refractivity contribution in [2.24, 2.45) is 0 Å². The average molecular weight is 335 g/mol. The molecule has 0 N–H and O–H groups in total. The van der Waals surface area contributed by atoms with Gasteiger partial charge in [0, 0.05) is 24.5 Å². The van der Waals surface area contributed by atoms with Crippen LogP contribution in [0.4, 0.5) is 0 Å². The lowest BCUT2D eigenvalue weighted by Gasteiger charge is -2.28. The Hall–Kier alpha value is -3.08. The van der Waals surface area contributed by atoms with Gasteiger partial charge >= 0.3 is 5.63 Å².